The zero-order chi connectivity index (χ0) is 27.2. The van der Waals surface area contributed by atoms with E-state index in [9.17, 15) is 22.4 Å². The molecule has 0 saturated heterocycles. The minimum atomic E-state index is -4.23. The van der Waals surface area contributed by atoms with Crippen LogP contribution in [0.5, 0.6) is 5.75 Å². The van der Waals surface area contributed by atoms with Gasteiger partial charge in [0.1, 0.15) is 24.2 Å². The molecule has 11 heteroatoms. The van der Waals surface area contributed by atoms with Gasteiger partial charge in [0.2, 0.25) is 11.8 Å². The normalized spacial score (nSPS) is 14.9. The predicted octanol–water partition coefficient (Wildman–Crippen LogP) is 2.92. The third-order valence-electron chi connectivity index (χ3n) is 6.50. The molecule has 2 aromatic rings. The lowest BCUT2D eigenvalue weighted by molar-refractivity contribution is -0.139. The fraction of sp³-hybridized carbons (Fsp3) is 0.462. The van der Waals surface area contributed by atoms with Crippen LogP contribution in [0.25, 0.3) is 0 Å². The zero-order valence-electron chi connectivity index (χ0n) is 21.7. The van der Waals surface area contributed by atoms with Gasteiger partial charge in [-0.2, -0.15) is 12.7 Å². The average molecular weight is 535 g/mol. The van der Waals surface area contributed by atoms with E-state index in [1.807, 2.05) is 0 Å². The van der Waals surface area contributed by atoms with Crippen LogP contribution in [-0.4, -0.2) is 69.3 Å². The van der Waals surface area contributed by atoms with E-state index in [-0.39, 0.29) is 24.2 Å². The van der Waals surface area contributed by atoms with Gasteiger partial charge in [-0.15, -0.1) is 0 Å². The van der Waals surface area contributed by atoms with Crippen LogP contribution in [0.1, 0.15) is 38.2 Å². The summed E-state index contributed by atoms with van der Waals surface area (Å²) < 4.78 is 47.9. The molecule has 0 heterocycles. The first-order chi connectivity index (χ1) is 17.5. The number of anilines is 1. The maximum Gasteiger partial charge on any atom is 0.304 e. The summed E-state index contributed by atoms with van der Waals surface area (Å²) in [6.07, 6.45) is 3.83. The number of carbonyl (C=O) groups is 2. The van der Waals surface area contributed by atoms with Gasteiger partial charge in [-0.05, 0) is 49.6 Å². The topological polar surface area (TPSA) is 99.3 Å². The third-order valence-corrected chi connectivity index (χ3v) is 8.30. The van der Waals surface area contributed by atoms with Gasteiger partial charge in [-0.25, -0.2) is 8.70 Å². The number of rotatable bonds is 11. The van der Waals surface area contributed by atoms with E-state index in [2.05, 4.69) is 5.32 Å². The number of nitrogens with zero attached hydrogens (tertiary/aromatic N) is 3. The van der Waals surface area contributed by atoms with Crippen LogP contribution in [0.4, 0.5) is 10.1 Å². The van der Waals surface area contributed by atoms with Crippen molar-refractivity contribution in [1.82, 2.24) is 14.5 Å². The van der Waals surface area contributed by atoms with Crippen molar-refractivity contribution in [2.45, 2.75) is 51.2 Å². The fourth-order valence-electron chi connectivity index (χ4n) is 4.30. The lowest BCUT2D eigenvalue weighted by Crippen LogP contribution is -2.53. The summed E-state index contributed by atoms with van der Waals surface area (Å²) in [7, 11) is -0.0969. The van der Waals surface area contributed by atoms with Crippen molar-refractivity contribution in [3.8, 4) is 5.75 Å². The molecule has 1 N–H and O–H groups in total. The zero-order valence-corrected chi connectivity index (χ0v) is 22.5. The predicted molar refractivity (Wildman–Crippen MR) is 140 cm³/mol. The largest absolute Gasteiger partial charge is 0.497 e. The molecule has 2 aromatic carbocycles. The molecule has 1 fully saturated rings. The quantitative estimate of drug-likeness (QED) is 0.478. The number of carbonyl (C=O) groups excluding carboxylic acids is 2. The van der Waals surface area contributed by atoms with Gasteiger partial charge in [0.05, 0.1) is 12.8 Å². The first kappa shape index (κ1) is 28.4. The van der Waals surface area contributed by atoms with Crippen LogP contribution < -0.4 is 14.4 Å². The second-order valence-corrected chi connectivity index (χ2v) is 11.4. The number of hydrogen-bond acceptors (Lipinski definition) is 5. The Bertz CT molecular complexity index is 1200. The van der Waals surface area contributed by atoms with Gasteiger partial charge in [0.25, 0.3) is 0 Å². The number of halogens is 1. The summed E-state index contributed by atoms with van der Waals surface area (Å²) in [5.41, 5.74) is 0.440. The standard InChI is InChI=1S/C26H35FN4O5S/c1-19(26(33)28-21-11-5-6-12-21)30(17-20-10-9-13-22(16-20)36-4)25(32)18-31(37(34,35)29(2)3)24-15-8-7-14-23(24)27/h7-10,13-16,19,21H,5-6,11-12,17-18H2,1-4H3,(H,28,33)/t19-/m0/s1. The van der Waals surface area contributed by atoms with E-state index in [0.717, 1.165) is 40.4 Å². The Morgan fingerprint density at radius 1 is 1.11 bits per heavy atom. The third kappa shape index (κ3) is 6.98. The van der Waals surface area contributed by atoms with E-state index < -0.39 is 34.5 Å². The van der Waals surface area contributed by atoms with Gasteiger partial charge in [0.15, 0.2) is 0 Å². The molecule has 1 aliphatic rings. The van der Waals surface area contributed by atoms with Gasteiger partial charge < -0.3 is 15.0 Å². The highest BCUT2D eigenvalue weighted by molar-refractivity contribution is 7.90. The Balaban J connectivity index is 1.95. The maximum atomic E-state index is 14.7. The van der Waals surface area contributed by atoms with E-state index in [1.54, 1.807) is 31.2 Å². The summed E-state index contributed by atoms with van der Waals surface area (Å²) in [5, 5.41) is 3.01. The SMILES string of the molecule is COc1cccc(CN(C(=O)CN(c2ccccc2F)S(=O)(=O)N(C)C)[C@@H](C)C(=O)NC2CCCC2)c1. The minimum Gasteiger partial charge on any atom is -0.497 e. The van der Waals surface area contributed by atoms with Gasteiger partial charge in [0, 0.05) is 26.7 Å². The molecular weight excluding hydrogens is 499 g/mol. The lowest BCUT2D eigenvalue weighted by Gasteiger charge is -2.33. The summed E-state index contributed by atoms with van der Waals surface area (Å²) in [6.45, 7) is 0.950. The van der Waals surface area contributed by atoms with Crippen molar-refractivity contribution in [2.24, 2.45) is 0 Å². The monoisotopic (exact) mass is 534 g/mol. The number of para-hydroxylation sites is 1. The van der Waals surface area contributed by atoms with Crippen LogP contribution in [0.3, 0.4) is 0 Å². The second kappa shape index (κ2) is 12.4. The summed E-state index contributed by atoms with van der Waals surface area (Å²) in [5.74, 6) is -1.18. The Hall–Kier alpha value is -3.18. The molecule has 0 aliphatic heterocycles. The number of hydrogen-bond donors (Lipinski definition) is 1. The molecule has 37 heavy (non-hydrogen) atoms. The minimum absolute atomic E-state index is 0.0302. The van der Waals surface area contributed by atoms with Gasteiger partial charge in [-0.1, -0.05) is 37.1 Å². The summed E-state index contributed by atoms with van der Waals surface area (Å²) >= 11 is 0. The summed E-state index contributed by atoms with van der Waals surface area (Å²) in [6, 6.07) is 11.6. The molecule has 202 valence electrons. The molecule has 3 rings (SSSR count). The molecule has 9 nitrogen and oxygen atoms in total. The molecule has 1 saturated carbocycles. The number of ether oxygens (including phenoxy) is 1. The highest BCUT2D eigenvalue weighted by Gasteiger charge is 2.34. The molecule has 2 amide bonds. The Morgan fingerprint density at radius 3 is 2.41 bits per heavy atom. The van der Waals surface area contributed by atoms with Crippen molar-refractivity contribution < 1.29 is 27.1 Å². The first-order valence-corrected chi connectivity index (χ1v) is 13.6. The smallest absolute Gasteiger partial charge is 0.304 e. The summed E-state index contributed by atoms with van der Waals surface area (Å²) in [4.78, 5) is 28.2. The van der Waals surface area contributed by atoms with Crippen LogP contribution in [-0.2, 0) is 26.3 Å². The van der Waals surface area contributed by atoms with E-state index in [0.29, 0.717) is 11.3 Å². The van der Waals surface area contributed by atoms with Gasteiger partial charge >= 0.3 is 10.2 Å². The average Bonchev–Trinajstić information content (AvgIpc) is 3.38. The number of nitrogens with one attached hydrogen (secondary N) is 1. The highest BCUT2D eigenvalue weighted by atomic mass is 32.2. The molecule has 0 spiro atoms. The Kier molecular flexibility index (Phi) is 9.50. The van der Waals surface area contributed by atoms with Gasteiger partial charge in [-0.3, -0.25) is 9.59 Å². The van der Waals surface area contributed by atoms with E-state index in [1.165, 1.54) is 44.3 Å². The molecule has 0 bridgehead atoms. The molecule has 0 aromatic heterocycles. The molecule has 1 aliphatic carbocycles. The highest BCUT2D eigenvalue weighted by Crippen LogP contribution is 2.24. The van der Waals surface area contributed by atoms with Crippen LogP contribution in [0.15, 0.2) is 48.5 Å². The van der Waals surface area contributed by atoms with Crippen molar-refractivity contribution in [3.05, 3.63) is 59.9 Å². The molecule has 1 atom stereocenters. The fourth-order valence-corrected chi connectivity index (χ4v) is 5.36. The Morgan fingerprint density at radius 2 is 1.78 bits per heavy atom. The van der Waals surface area contributed by atoms with Crippen LogP contribution in [0, 0.1) is 5.82 Å². The van der Waals surface area contributed by atoms with Crippen molar-refractivity contribution in [1.29, 1.82) is 0 Å². The number of benzene rings is 2. The maximum absolute atomic E-state index is 14.7. The molecule has 0 radical (unpaired) electrons. The Labute approximate surface area is 218 Å². The number of amides is 2. The van der Waals surface area contributed by atoms with Crippen molar-refractivity contribution >= 4 is 27.7 Å². The van der Waals surface area contributed by atoms with Crippen molar-refractivity contribution in [2.75, 3.05) is 32.1 Å². The number of methoxy groups -OCH3 is 1. The molecule has 0 unspecified atom stereocenters. The lowest BCUT2D eigenvalue weighted by atomic mass is 10.1. The van der Waals surface area contributed by atoms with E-state index >= 15 is 0 Å². The second-order valence-electron chi connectivity index (χ2n) is 9.29. The van der Waals surface area contributed by atoms with Crippen LogP contribution in [0.2, 0.25) is 0 Å². The van der Waals surface area contributed by atoms with Crippen molar-refractivity contribution in [3.63, 3.8) is 0 Å². The van der Waals surface area contributed by atoms with E-state index in [4.69, 9.17) is 4.74 Å². The molecular formula is C26H35FN4O5S. The first-order valence-electron chi connectivity index (χ1n) is 12.2. The van der Waals surface area contributed by atoms with Crippen LogP contribution >= 0.6 is 0 Å².